The van der Waals surface area contributed by atoms with Crippen LogP contribution >= 0.6 is 23.2 Å². The highest BCUT2D eigenvalue weighted by Crippen LogP contribution is 2.29. The van der Waals surface area contributed by atoms with Gasteiger partial charge in [0.05, 0.1) is 15.6 Å². The Bertz CT molecular complexity index is 743. The van der Waals surface area contributed by atoms with Gasteiger partial charge in [-0.25, -0.2) is 8.42 Å². The average molecular weight is 344 g/mol. The third-order valence-electron chi connectivity index (χ3n) is 3.11. The van der Waals surface area contributed by atoms with Crippen molar-refractivity contribution in [1.29, 1.82) is 0 Å². The van der Waals surface area contributed by atoms with Crippen molar-refractivity contribution in [3.05, 3.63) is 58.1 Å². The van der Waals surface area contributed by atoms with Crippen molar-refractivity contribution in [2.24, 2.45) is 0 Å². The van der Waals surface area contributed by atoms with Crippen LogP contribution in [0.4, 0.5) is 5.69 Å². The molecule has 3 nitrogen and oxygen atoms in total. The number of hydrogen-bond acceptors (Lipinski definition) is 3. The predicted octanol–water partition coefficient (Wildman–Crippen LogP) is 4.57. The molecule has 2 aromatic carbocycles. The second kappa shape index (κ2) is 6.26. The van der Waals surface area contributed by atoms with Crippen molar-refractivity contribution in [1.82, 2.24) is 0 Å². The molecule has 6 heteroatoms. The van der Waals surface area contributed by atoms with Crippen LogP contribution in [0.15, 0.2) is 47.4 Å². The molecule has 0 saturated heterocycles. The zero-order chi connectivity index (χ0) is 15.6. The first-order valence-corrected chi connectivity index (χ1v) is 8.94. The Balaban J connectivity index is 2.28. The highest BCUT2D eigenvalue weighted by atomic mass is 35.5. The lowest BCUT2D eigenvalue weighted by Gasteiger charge is -2.17. The molecule has 0 aromatic heterocycles. The van der Waals surface area contributed by atoms with E-state index in [0.29, 0.717) is 15.7 Å². The lowest BCUT2D eigenvalue weighted by molar-refractivity contribution is 0.602. The van der Waals surface area contributed by atoms with Gasteiger partial charge >= 0.3 is 0 Å². The fourth-order valence-corrected chi connectivity index (χ4v) is 2.86. The molecule has 0 aliphatic rings. The summed E-state index contributed by atoms with van der Waals surface area (Å²) in [7, 11) is -3.26. The minimum atomic E-state index is -3.26. The molecule has 112 valence electrons. The van der Waals surface area contributed by atoms with E-state index >= 15 is 0 Å². The summed E-state index contributed by atoms with van der Waals surface area (Å²) in [6.07, 6.45) is 1.17. The first-order valence-electron chi connectivity index (χ1n) is 6.29. The highest BCUT2D eigenvalue weighted by molar-refractivity contribution is 7.90. The standard InChI is InChI=1S/C15H15Cl2NO2S/c1-10(11-3-5-12(16)6-4-11)18-15-9-13(21(2,19)20)7-8-14(15)17/h3-10,18H,1-2H3. The van der Waals surface area contributed by atoms with Gasteiger partial charge in [0, 0.05) is 17.3 Å². The Morgan fingerprint density at radius 3 is 2.24 bits per heavy atom. The summed E-state index contributed by atoms with van der Waals surface area (Å²) in [5.74, 6) is 0. The fourth-order valence-electron chi connectivity index (χ4n) is 1.91. The third-order valence-corrected chi connectivity index (χ3v) is 4.80. The van der Waals surface area contributed by atoms with E-state index in [4.69, 9.17) is 23.2 Å². The van der Waals surface area contributed by atoms with E-state index in [1.54, 1.807) is 12.1 Å². The van der Waals surface area contributed by atoms with Crippen LogP contribution in [0, 0.1) is 0 Å². The van der Waals surface area contributed by atoms with Crippen molar-refractivity contribution in [3.63, 3.8) is 0 Å². The molecule has 0 saturated carbocycles. The molecule has 1 atom stereocenters. The van der Waals surface area contributed by atoms with Gasteiger partial charge < -0.3 is 5.32 Å². The van der Waals surface area contributed by atoms with E-state index in [1.165, 1.54) is 12.3 Å². The topological polar surface area (TPSA) is 46.2 Å². The molecule has 0 heterocycles. The summed E-state index contributed by atoms with van der Waals surface area (Å²) in [5.41, 5.74) is 1.61. The predicted molar refractivity (Wildman–Crippen MR) is 88.1 cm³/mol. The minimum Gasteiger partial charge on any atom is -0.377 e. The van der Waals surface area contributed by atoms with E-state index in [0.717, 1.165) is 5.56 Å². The van der Waals surface area contributed by atoms with Crippen LogP contribution in [-0.4, -0.2) is 14.7 Å². The minimum absolute atomic E-state index is 0.0328. The number of sulfone groups is 1. The van der Waals surface area contributed by atoms with Gasteiger partial charge in [-0.3, -0.25) is 0 Å². The van der Waals surface area contributed by atoms with Crippen LogP contribution in [0.2, 0.25) is 10.0 Å². The summed E-state index contributed by atoms with van der Waals surface area (Å²) in [5, 5.41) is 4.36. The summed E-state index contributed by atoms with van der Waals surface area (Å²) >= 11 is 12.0. The molecule has 1 N–H and O–H groups in total. The summed E-state index contributed by atoms with van der Waals surface area (Å²) < 4.78 is 23.2. The second-order valence-electron chi connectivity index (χ2n) is 4.83. The molecule has 0 aliphatic heterocycles. The highest BCUT2D eigenvalue weighted by Gasteiger charge is 2.12. The smallest absolute Gasteiger partial charge is 0.175 e. The molecule has 0 radical (unpaired) electrons. The van der Waals surface area contributed by atoms with Crippen LogP contribution in [-0.2, 0) is 9.84 Å². The van der Waals surface area contributed by atoms with Gasteiger partial charge in [0.25, 0.3) is 0 Å². The lowest BCUT2D eigenvalue weighted by atomic mass is 10.1. The molecule has 0 bridgehead atoms. The summed E-state index contributed by atoms with van der Waals surface area (Å²) in [6.45, 7) is 1.96. The molecule has 2 aromatic rings. The van der Waals surface area contributed by atoms with E-state index in [-0.39, 0.29) is 10.9 Å². The molecule has 0 fully saturated rings. The zero-order valence-electron chi connectivity index (χ0n) is 11.6. The van der Waals surface area contributed by atoms with Crippen molar-refractivity contribution in [3.8, 4) is 0 Å². The van der Waals surface area contributed by atoms with E-state index in [1.807, 2.05) is 31.2 Å². The van der Waals surface area contributed by atoms with E-state index in [2.05, 4.69) is 5.32 Å². The molecular weight excluding hydrogens is 329 g/mol. The maximum atomic E-state index is 11.6. The number of hydrogen-bond donors (Lipinski definition) is 1. The van der Waals surface area contributed by atoms with Gasteiger partial charge in [-0.1, -0.05) is 35.3 Å². The van der Waals surface area contributed by atoms with Gasteiger partial charge in [0.15, 0.2) is 9.84 Å². The van der Waals surface area contributed by atoms with Crippen molar-refractivity contribution < 1.29 is 8.42 Å². The molecule has 1 unspecified atom stereocenters. The van der Waals surface area contributed by atoms with Crippen LogP contribution in [0.1, 0.15) is 18.5 Å². The van der Waals surface area contributed by atoms with Crippen LogP contribution in [0.3, 0.4) is 0 Å². The van der Waals surface area contributed by atoms with Gasteiger partial charge in [0.2, 0.25) is 0 Å². The first kappa shape index (κ1) is 16.1. The lowest BCUT2D eigenvalue weighted by Crippen LogP contribution is -2.08. The third kappa shape index (κ3) is 4.13. The van der Waals surface area contributed by atoms with Crippen LogP contribution in [0.5, 0.6) is 0 Å². The van der Waals surface area contributed by atoms with Crippen LogP contribution in [0.25, 0.3) is 0 Å². The largest absolute Gasteiger partial charge is 0.377 e. The number of halogens is 2. The summed E-state index contributed by atoms with van der Waals surface area (Å²) in [4.78, 5) is 0.234. The monoisotopic (exact) mass is 343 g/mol. The van der Waals surface area contributed by atoms with Crippen molar-refractivity contribution >= 4 is 38.7 Å². The Hall–Kier alpha value is -1.23. The van der Waals surface area contributed by atoms with Gasteiger partial charge in [-0.05, 0) is 42.8 Å². The van der Waals surface area contributed by atoms with E-state index in [9.17, 15) is 8.42 Å². The second-order valence-corrected chi connectivity index (χ2v) is 7.69. The van der Waals surface area contributed by atoms with Gasteiger partial charge in [0.1, 0.15) is 0 Å². The van der Waals surface area contributed by atoms with Gasteiger partial charge in [-0.15, -0.1) is 0 Å². The first-order chi connectivity index (χ1) is 9.77. The molecule has 21 heavy (non-hydrogen) atoms. The maximum absolute atomic E-state index is 11.6. The average Bonchev–Trinajstić information content (AvgIpc) is 2.40. The Kier molecular flexibility index (Phi) is 4.81. The van der Waals surface area contributed by atoms with Crippen LogP contribution < -0.4 is 5.32 Å². The number of rotatable bonds is 4. The Morgan fingerprint density at radius 2 is 1.67 bits per heavy atom. The Labute approximate surface area is 134 Å². The molecule has 2 rings (SSSR count). The zero-order valence-corrected chi connectivity index (χ0v) is 13.9. The van der Waals surface area contributed by atoms with E-state index < -0.39 is 9.84 Å². The fraction of sp³-hybridized carbons (Fsp3) is 0.200. The number of nitrogens with one attached hydrogen (secondary N) is 1. The SMILES string of the molecule is CC(Nc1cc(S(C)(=O)=O)ccc1Cl)c1ccc(Cl)cc1. The maximum Gasteiger partial charge on any atom is 0.175 e. The molecular formula is C15H15Cl2NO2S. The summed E-state index contributed by atoms with van der Waals surface area (Å²) in [6, 6.07) is 12.0. The quantitative estimate of drug-likeness (QED) is 0.884. The molecule has 0 amide bonds. The van der Waals surface area contributed by atoms with Crippen molar-refractivity contribution in [2.45, 2.75) is 17.9 Å². The van der Waals surface area contributed by atoms with Gasteiger partial charge in [-0.2, -0.15) is 0 Å². The Morgan fingerprint density at radius 1 is 1.05 bits per heavy atom. The van der Waals surface area contributed by atoms with Crippen molar-refractivity contribution in [2.75, 3.05) is 11.6 Å². The number of benzene rings is 2. The molecule has 0 spiro atoms. The normalized spacial score (nSPS) is 13.0. The molecule has 0 aliphatic carbocycles. The number of anilines is 1.